The number of esters is 1. The molecule has 48 heavy (non-hydrogen) atoms. The number of carbonyl (C=O) groups is 2. The van der Waals surface area contributed by atoms with E-state index in [1.807, 2.05) is 97.9 Å². The lowest BCUT2D eigenvalue weighted by Gasteiger charge is -2.40. The maximum Gasteiger partial charge on any atom is 0.316 e. The van der Waals surface area contributed by atoms with E-state index in [9.17, 15) is 19.8 Å². The van der Waals surface area contributed by atoms with E-state index in [-0.39, 0.29) is 30.8 Å². The highest BCUT2D eigenvalue weighted by atomic mass is 16.5. The van der Waals surface area contributed by atoms with Crippen LogP contribution in [-0.4, -0.2) is 70.5 Å². The fourth-order valence-corrected chi connectivity index (χ4v) is 8.44. The highest BCUT2D eigenvalue weighted by Crippen LogP contribution is 2.39. The monoisotopic (exact) mass is 653 g/mol. The molecule has 0 radical (unpaired) electrons. The van der Waals surface area contributed by atoms with Gasteiger partial charge in [-0.25, -0.2) is 4.79 Å². The topological polar surface area (TPSA) is 111 Å². The zero-order valence-corrected chi connectivity index (χ0v) is 28.0. The van der Waals surface area contributed by atoms with Crippen LogP contribution >= 0.6 is 0 Å². The standard InChI is InChI=1S/C40H51N3O5/c1-28(40(47,31-13-7-3-8-14-31)32-15-9-4-10-16-32)41-39(46)42-33-19-17-29(18-20-33)23-24-43-34-21-22-35(43)26-36(25-34)48-38(45)37(27-44)30-11-5-2-6-12-30/h2-16,28-29,33-37,44,47H,17-27H2,1H3,(H2,41,42,46)/t28-,29?,33?,34-,35+,36?,37?/m1/s1. The number of hydrogen-bond donors (Lipinski definition) is 4. The molecule has 2 amide bonds. The molecule has 1 aliphatic carbocycles. The Morgan fingerprint density at radius 1 is 0.833 bits per heavy atom. The number of piperidine rings is 1. The summed E-state index contributed by atoms with van der Waals surface area (Å²) < 4.78 is 5.97. The average molecular weight is 654 g/mol. The number of benzene rings is 3. The summed E-state index contributed by atoms with van der Waals surface area (Å²) in [5.41, 5.74) is 0.906. The van der Waals surface area contributed by atoms with Crippen LogP contribution in [0.4, 0.5) is 4.79 Å². The minimum atomic E-state index is -1.36. The molecule has 6 rings (SSSR count). The van der Waals surface area contributed by atoms with Crippen LogP contribution in [0, 0.1) is 5.92 Å². The summed E-state index contributed by atoms with van der Waals surface area (Å²) in [4.78, 5) is 28.8. The molecule has 0 aromatic heterocycles. The zero-order chi connectivity index (χ0) is 33.5. The van der Waals surface area contributed by atoms with Crippen LogP contribution in [-0.2, 0) is 15.1 Å². The lowest BCUT2D eigenvalue weighted by Crippen LogP contribution is -2.54. The summed E-state index contributed by atoms with van der Waals surface area (Å²) in [6.07, 6.45) is 9.16. The van der Waals surface area contributed by atoms with Gasteiger partial charge in [-0.1, -0.05) is 91.0 Å². The van der Waals surface area contributed by atoms with Gasteiger partial charge in [-0.2, -0.15) is 0 Å². The molecule has 5 atom stereocenters. The Morgan fingerprint density at radius 2 is 1.38 bits per heavy atom. The summed E-state index contributed by atoms with van der Waals surface area (Å²) in [6.45, 7) is 2.67. The lowest BCUT2D eigenvalue weighted by molar-refractivity contribution is -0.155. The van der Waals surface area contributed by atoms with E-state index in [0.717, 1.165) is 81.0 Å². The molecule has 4 N–H and O–H groups in total. The number of amides is 2. The zero-order valence-electron chi connectivity index (χ0n) is 28.0. The fourth-order valence-electron chi connectivity index (χ4n) is 8.44. The summed E-state index contributed by atoms with van der Waals surface area (Å²) >= 11 is 0. The number of nitrogens with zero attached hydrogens (tertiary/aromatic N) is 1. The molecule has 1 saturated carbocycles. The number of urea groups is 1. The van der Waals surface area contributed by atoms with Crippen molar-refractivity contribution >= 4 is 12.0 Å². The Balaban J connectivity index is 0.940. The molecule has 2 unspecified atom stereocenters. The molecule has 8 heteroatoms. The van der Waals surface area contributed by atoms with Gasteiger partial charge in [0.15, 0.2) is 0 Å². The number of rotatable bonds is 12. The summed E-state index contributed by atoms with van der Waals surface area (Å²) in [5.74, 6) is -0.316. The van der Waals surface area contributed by atoms with E-state index in [0.29, 0.717) is 18.0 Å². The maximum absolute atomic E-state index is 13.2. The van der Waals surface area contributed by atoms with Crippen LogP contribution in [0.2, 0.25) is 0 Å². The van der Waals surface area contributed by atoms with Crippen LogP contribution in [0.5, 0.6) is 0 Å². The molecule has 2 bridgehead atoms. The quantitative estimate of drug-likeness (QED) is 0.182. The Kier molecular flexibility index (Phi) is 11.1. The molecule has 3 aromatic carbocycles. The highest BCUT2D eigenvalue weighted by Gasteiger charge is 2.43. The van der Waals surface area contributed by atoms with Crippen molar-refractivity contribution in [2.24, 2.45) is 5.92 Å². The van der Waals surface area contributed by atoms with Gasteiger partial charge >= 0.3 is 12.0 Å². The third kappa shape index (κ3) is 7.77. The van der Waals surface area contributed by atoms with E-state index in [1.165, 1.54) is 0 Å². The molecular weight excluding hydrogens is 602 g/mol. The number of fused-ring (bicyclic) bond motifs is 2. The molecule has 2 aliphatic heterocycles. The minimum absolute atomic E-state index is 0.0873. The SMILES string of the molecule is C[C@@H](NC(=O)NC1CCC(CCN2[C@@H]3CC[C@H]2CC(OC(=O)C(CO)c2ccccc2)C3)CC1)C(O)(c1ccccc1)c1ccccc1. The van der Waals surface area contributed by atoms with Gasteiger partial charge in [0.1, 0.15) is 17.6 Å². The second-order valence-corrected chi connectivity index (χ2v) is 14.1. The number of hydrogen-bond acceptors (Lipinski definition) is 6. The van der Waals surface area contributed by atoms with Crippen molar-refractivity contribution in [1.82, 2.24) is 15.5 Å². The molecular formula is C40H51N3O5. The fraction of sp³-hybridized carbons (Fsp3) is 0.500. The van der Waals surface area contributed by atoms with E-state index >= 15 is 0 Å². The van der Waals surface area contributed by atoms with E-state index in [1.54, 1.807) is 0 Å². The molecule has 8 nitrogen and oxygen atoms in total. The number of aliphatic hydroxyl groups is 2. The van der Waals surface area contributed by atoms with Crippen LogP contribution < -0.4 is 10.6 Å². The molecule has 2 heterocycles. The molecule has 3 fully saturated rings. The summed E-state index contributed by atoms with van der Waals surface area (Å²) in [6, 6.07) is 28.6. The smallest absolute Gasteiger partial charge is 0.316 e. The van der Waals surface area contributed by atoms with Gasteiger partial charge in [0.2, 0.25) is 0 Å². The number of ether oxygens (including phenoxy) is 1. The van der Waals surface area contributed by atoms with E-state index in [2.05, 4.69) is 15.5 Å². The van der Waals surface area contributed by atoms with Gasteiger partial charge in [-0.3, -0.25) is 9.69 Å². The van der Waals surface area contributed by atoms with Crippen LogP contribution in [0.25, 0.3) is 0 Å². The van der Waals surface area contributed by atoms with Crippen molar-refractivity contribution in [1.29, 1.82) is 0 Å². The van der Waals surface area contributed by atoms with Crippen LogP contribution in [0.3, 0.4) is 0 Å². The average Bonchev–Trinajstić information content (AvgIpc) is 3.36. The Morgan fingerprint density at radius 3 is 1.92 bits per heavy atom. The van der Waals surface area contributed by atoms with Gasteiger partial charge < -0.3 is 25.6 Å². The largest absolute Gasteiger partial charge is 0.462 e. The predicted octanol–water partition coefficient (Wildman–Crippen LogP) is 5.87. The first kappa shape index (κ1) is 34.2. The molecule has 3 aliphatic rings. The first-order chi connectivity index (χ1) is 23.3. The minimum Gasteiger partial charge on any atom is -0.462 e. The predicted molar refractivity (Wildman–Crippen MR) is 186 cm³/mol. The first-order valence-corrected chi connectivity index (χ1v) is 17.9. The van der Waals surface area contributed by atoms with Crippen molar-refractivity contribution < 1.29 is 24.5 Å². The van der Waals surface area contributed by atoms with Crippen LogP contribution in [0.15, 0.2) is 91.0 Å². The third-order valence-electron chi connectivity index (χ3n) is 11.2. The molecule has 2 saturated heterocycles. The van der Waals surface area contributed by atoms with Gasteiger partial charge in [0, 0.05) is 31.0 Å². The lowest BCUT2D eigenvalue weighted by atomic mass is 9.81. The second kappa shape index (κ2) is 15.7. The van der Waals surface area contributed by atoms with Gasteiger partial charge in [-0.05, 0) is 81.0 Å². The van der Waals surface area contributed by atoms with E-state index in [4.69, 9.17) is 4.74 Å². The normalized spacial score (nSPS) is 25.5. The van der Waals surface area contributed by atoms with Crippen molar-refractivity contribution in [3.05, 3.63) is 108 Å². The summed E-state index contributed by atoms with van der Waals surface area (Å²) in [7, 11) is 0. The second-order valence-electron chi connectivity index (χ2n) is 14.1. The number of carbonyl (C=O) groups excluding carboxylic acids is 2. The Bertz CT molecular complexity index is 1410. The Labute approximate surface area is 284 Å². The van der Waals surface area contributed by atoms with Crippen molar-refractivity contribution in [3.63, 3.8) is 0 Å². The molecule has 3 aromatic rings. The molecule has 0 spiro atoms. The summed E-state index contributed by atoms with van der Waals surface area (Å²) in [5, 5.41) is 28.1. The van der Waals surface area contributed by atoms with Crippen molar-refractivity contribution in [2.75, 3.05) is 13.2 Å². The molecule has 256 valence electrons. The highest BCUT2D eigenvalue weighted by molar-refractivity contribution is 5.78. The number of aliphatic hydroxyl groups excluding tert-OH is 1. The van der Waals surface area contributed by atoms with Crippen molar-refractivity contribution in [3.8, 4) is 0 Å². The van der Waals surface area contributed by atoms with Crippen LogP contribution in [0.1, 0.15) is 87.3 Å². The third-order valence-corrected chi connectivity index (χ3v) is 11.2. The van der Waals surface area contributed by atoms with E-state index < -0.39 is 17.6 Å². The van der Waals surface area contributed by atoms with Gasteiger partial charge in [0.25, 0.3) is 0 Å². The first-order valence-electron chi connectivity index (χ1n) is 17.9. The number of nitrogens with one attached hydrogen (secondary N) is 2. The Hall–Kier alpha value is -3.72. The maximum atomic E-state index is 13.2. The van der Waals surface area contributed by atoms with Gasteiger partial charge in [-0.15, -0.1) is 0 Å². The van der Waals surface area contributed by atoms with Crippen molar-refractivity contribution in [2.45, 2.75) is 107 Å². The van der Waals surface area contributed by atoms with Gasteiger partial charge in [0.05, 0.1) is 12.6 Å².